The van der Waals surface area contributed by atoms with Crippen LogP contribution in [-0.4, -0.2) is 0 Å². The largest absolute Gasteiger partial charge is 0.144 e. The second kappa shape index (κ2) is 3.02. The van der Waals surface area contributed by atoms with Gasteiger partial charge in [-0.3, -0.25) is 0 Å². The number of rotatable bonds is 2. The smallest absolute Gasteiger partial charge is 0.0298 e. The minimum Gasteiger partial charge on any atom is -0.144 e. The Morgan fingerprint density at radius 2 is 2.30 bits per heavy atom. The van der Waals surface area contributed by atoms with E-state index < -0.39 is 0 Å². The summed E-state index contributed by atoms with van der Waals surface area (Å²) in [7, 11) is 0. The van der Waals surface area contributed by atoms with Crippen LogP contribution in [0, 0.1) is 5.92 Å². The molecule has 1 aromatic rings. The SMILES string of the molecule is C=C(c1cccs1)C(C)C. The van der Waals surface area contributed by atoms with Gasteiger partial charge in [-0.2, -0.15) is 0 Å². The minimum atomic E-state index is 0.568. The van der Waals surface area contributed by atoms with Gasteiger partial charge in [-0.25, -0.2) is 0 Å². The average Bonchev–Trinajstić information content (AvgIpc) is 2.36. The van der Waals surface area contributed by atoms with E-state index in [1.807, 2.05) is 0 Å². The second-order valence-electron chi connectivity index (χ2n) is 2.66. The molecule has 0 N–H and O–H groups in total. The Bertz CT molecular complexity index is 207. The van der Waals surface area contributed by atoms with Gasteiger partial charge in [0.05, 0.1) is 0 Å². The molecule has 0 spiro atoms. The summed E-state index contributed by atoms with van der Waals surface area (Å²) in [6.07, 6.45) is 0. The Kier molecular flexibility index (Phi) is 2.28. The van der Waals surface area contributed by atoms with Gasteiger partial charge in [0.15, 0.2) is 0 Å². The lowest BCUT2D eigenvalue weighted by atomic mass is 10.0. The van der Waals surface area contributed by atoms with Crippen LogP contribution in [0.4, 0.5) is 0 Å². The quantitative estimate of drug-likeness (QED) is 0.609. The van der Waals surface area contributed by atoms with Crippen molar-refractivity contribution < 1.29 is 0 Å². The molecule has 1 heteroatoms. The summed E-state index contributed by atoms with van der Waals surface area (Å²) in [4.78, 5) is 1.31. The molecule has 0 aliphatic carbocycles. The van der Waals surface area contributed by atoms with Crippen LogP contribution in [0.3, 0.4) is 0 Å². The fourth-order valence-corrected chi connectivity index (χ4v) is 1.59. The van der Waals surface area contributed by atoms with Crippen LogP contribution in [0.2, 0.25) is 0 Å². The fraction of sp³-hybridized carbons (Fsp3) is 0.333. The van der Waals surface area contributed by atoms with Crippen molar-refractivity contribution >= 4 is 16.9 Å². The summed E-state index contributed by atoms with van der Waals surface area (Å²) in [5, 5.41) is 2.09. The standard InChI is InChI=1S/C9H12S/c1-7(2)8(3)9-5-4-6-10-9/h4-7H,3H2,1-2H3. The van der Waals surface area contributed by atoms with Gasteiger partial charge in [0, 0.05) is 4.88 Å². The Morgan fingerprint density at radius 3 is 2.70 bits per heavy atom. The Hall–Kier alpha value is -0.560. The fourth-order valence-electron chi connectivity index (χ4n) is 0.746. The molecule has 1 aromatic heterocycles. The highest BCUT2D eigenvalue weighted by molar-refractivity contribution is 7.11. The molecule has 0 saturated heterocycles. The zero-order valence-corrected chi connectivity index (χ0v) is 7.24. The summed E-state index contributed by atoms with van der Waals surface area (Å²) in [5.74, 6) is 0.568. The van der Waals surface area contributed by atoms with E-state index >= 15 is 0 Å². The molecule has 0 radical (unpaired) electrons. The molecule has 0 nitrogen and oxygen atoms in total. The molecule has 0 bridgehead atoms. The first-order chi connectivity index (χ1) is 4.72. The van der Waals surface area contributed by atoms with E-state index in [0.717, 1.165) is 0 Å². The number of hydrogen-bond acceptors (Lipinski definition) is 1. The molecule has 54 valence electrons. The Morgan fingerprint density at radius 1 is 1.60 bits per heavy atom. The molecule has 0 aliphatic heterocycles. The third-order valence-electron chi connectivity index (χ3n) is 1.53. The Labute approximate surface area is 66.2 Å². The molecule has 10 heavy (non-hydrogen) atoms. The van der Waals surface area contributed by atoms with Crippen LogP contribution >= 0.6 is 11.3 Å². The van der Waals surface area contributed by atoms with Crippen molar-refractivity contribution in [2.45, 2.75) is 13.8 Å². The number of thiophene rings is 1. The summed E-state index contributed by atoms with van der Waals surface area (Å²) in [6.45, 7) is 8.34. The van der Waals surface area contributed by atoms with Gasteiger partial charge in [0.1, 0.15) is 0 Å². The van der Waals surface area contributed by atoms with Gasteiger partial charge in [-0.05, 0) is 22.9 Å². The molecule has 0 fully saturated rings. The van der Waals surface area contributed by atoms with Crippen molar-refractivity contribution in [2.75, 3.05) is 0 Å². The molecule has 0 aromatic carbocycles. The van der Waals surface area contributed by atoms with Crippen LogP contribution in [-0.2, 0) is 0 Å². The highest BCUT2D eigenvalue weighted by Gasteiger charge is 2.02. The first-order valence-electron chi connectivity index (χ1n) is 3.44. The molecule has 0 aliphatic rings. The van der Waals surface area contributed by atoms with E-state index in [0.29, 0.717) is 5.92 Å². The highest BCUT2D eigenvalue weighted by Crippen LogP contribution is 2.24. The zero-order chi connectivity index (χ0) is 7.56. The summed E-state index contributed by atoms with van der Waals surface area (Å²) >= 11 is 1.76. The van der Waals surface area contributed by atoms with Crippen molar-refractivity contribution in [3.63, 3.8) is 0 Å². The molecule has 0 amide bonds. The van der Waals surface area contributed by atoms with Crippen molar-refractivity contribution in [2.24, 2.45) is 5.92 Å². The van der Waals surface area contributed by atoms with Crippen LogP contribution < -0.4 is 0 Å². The van der Waals surface area contributed by atoms with E-state index in [2.05, 4.69) is 37.9 Å². The summed E-state index contributed by atoms with van der Waals surface area (Å²) < 4.78 is 0. The third-order valence-corrected chi connectivity index (χ3v) is 2.48. The number of hydrogen-bond donors (Lipinski definition) is 0. The molecule has 1 heterocycles. The van der Waals surface area contributed by atoms with Gasteiger partial charge < -0.3 is 0 Å². The van der Waals surface area contributed by atoms with E-state index in [1.165, 1.54) is 10.5 Å². The van der Waals surface area contributed by atoms with Gasteiger partial charge in [-0.1, -0.05) is 26.5 Å². The summed E-state index contributed by atoms with van der Waals surface area (Å²) in [6, 6.07) is 4.18. The summed E-state index contributed by atoms with van der Waals surface area (Å²) in [5.41, 5.74) is 1.25. The predicted molar refractivity (Wildman–Crippen MR) is 48.2 cm³/mol. The van der Waals surface area contributed by atoms with E-state index in [9.17, 15) is 0 Å². The molecular weight excluding hydrogens is 140 g/mol. The monoisotopic (exact) mass is 152 g/mol. The maximum atomic E-state index is 4.01. The lowest BCUT2D eigenvalue weighted by molar-refractivity contribution is 0.861. The third kappa shape index (κ3) is 1.48. The molecule has 0 atom stereocenters. The van der Waals surface area contributed by atoms with Gasteiger partial charge >= 0.3 is 0 Å². The highest BCUT2D eigenvalue weighted by atomic mass is 32.1. The Balaban J connectivity index is 2.78. The van der Waals surface area contributed by atoms with Gasteiger partial charge in [0.2, 0.25) is 0 Å². The van der Waals surface area contributed by atoms with Crippen molar-refractivity contribution in [3.05, 3.63) is 29.0 Å². The normalized spacial score (nSPS) is 10.3. The molecular formula is C9H12S. The van der Waals surface area contributed by atoms with Crippen molar-refractivity contribution in [1.29, 1.82) is 0 Å². The first kappa shape index (κ1) is 7.55. The minimum absolute atomic E-state index is 0.568. The maximum Gasteiger partial charge on any atom is 0.0298 e. The molecule has 0 unspecified atom stereocenters. The van der Waals surface area contributed by atoms with Crippen LogP contribution in [0.25, 0.3) is 5.57 Å². The topological polar surface area (TPSA) is 0 Å². The lowest BCUT2D eigenvalue weighted by Gasteiger charge is -2.04. The molecule has 1 rings (SSSR count). The van der Waals surface area contributed by atoms with Crippen LogP contribution in [0.1, 0.15) is 18.7 Å². The van der Waals surface area contributed by atoms with E-state index in [-0.39, 0.29) is 0 Å². The van der Waals surface area contributed by atoms with Crippen LogP contribution in [0.5, 0.6) is 0 Å². The van der Waals surface area contributed by atoms with E-state index in [1.54, 1.807) is 11.3 Å². The lowest BCUT2D eigenvalue weighted by Crippen LogP contribution is -1.87. The molecule has 0 saturated carbocycles. The van der Waals surface area contributed by atoms with E-state index in [4.69, 9.17) is 0 Å². The second-order valence-corrected chi connectivity index (χ2v) is 3.60. The zero-order valence-electron chi connectivity index (χ0n) is 6.42. The van der Waals surface area contributed by atoms with Gasteiger partial charge in [0.25, 0.3) is 0 Å². The van der Waals surface area contributed by atoms with Crippen molar-refractivity contribution in [1.82, 2.24) is 0 Å². The maximum absolute atomic E-state index is 4.01. The van der Waals surface area contributed by atoms with Crippen molar-refractivity contribution in [3.8, 4) is 0 Å². The first-order valence-corrected chi connectivity index (χ1v) is 4.32. The predicted octanol–water partition coefficient (Wildman–Crippen LogP) is 3.42. The average molecular weight is 152 g/mol. The number of allylic oxidation sites excluding steroid dienone is 1. The van der Waals surface area contributed by atoms with Crippen LogP contribution in [0.15, 0.2) is 24.1 Å². The van der Waals surface area contributed by atoms with Gasteiger partial charge in [-0.15, -0.1) is 11.3 Å².